The average Bonchev–Trinajstić information content (AvgIpc) is 2.43. The SMILES string of the molecule is COC(=O)c1cncc2c1CCN(C(=O)C(F)(F)F)C2. The van der Waals surface area contributed by atoms with Crippen LogP contribution in [0.4, 0.5) is 13.2 Å². The Morgan fingerprint density at radius 2 is 2.05 bits per heavy atom. The van der Waals surface area contributed by atoms with Gasteiger partial charge in [-0.15, -0.1) is 0 Å². The second-order valence-electron chi connectivity index (χ2n) is 4.29. The van der Waals surface area contributed by atoms with E-state index in [0.717, 1.165) is 0 Å². The predicted molar refractivity (Wildman–Crippen MR) is 60.8 cm³/mol. The molecule has 1 aliphatic heterocycles. The first-order valence-corrected chi connectivity index (χ1v) is 5.74. The van der Waals surface area contributed by atoms with Gasteiger partial charge in [0.15, 0.2) is 0 Å². The van der Waals surface area contributed by atoms with E-state index in [-0.39, 0.29) is 25.1 Å². The summed E-state index contributed by atoms with van der Waals surface area (Å²) in [6.07, 6.45) is -2.07. The van der Waals surface area contributed by atoms with Gasteiger partial charge in [-0.1, -0.05) is 0 Å². The molecule has 1 amide bonds. The van der Waals surface area contributed by atoms with Crippen molar-refractivity contribution in [1.82, 2.24) is 9.88 Å². The van der Waals surface area contributed by atoms with E-state index in [1.807, 2.05) is 0 Å². The lowest BCUT2D eigenvalue weighted by Gasteiger charge is -2.29. The number of pyridine rings is 1. The summed E-state index contributed by atoms with van der Waals surface area (Å²) in [5.74, 6) is -2.48. The molecule has 1 aliphatic rings. The van der Waals surface area contributed by atoms with Crippen LogP contribution in [0.5, 0.6) is 0 Å². The molecule has 2 rings (SSSR count). The van der Waals surface area contributed by atoms with Gasteiger partial charge in [-0.3, -0.25) is 9.78 Å². The van der Waals surface area contributed by atoms with Crippen LogP contribution in [0.2, 0.25) is 0 Å². The highest BCUT2D eigenvalue weighted by Gasteiger charge is 2.43. The molecule has 0 saturated heterocycles. The number of carbonyl (C=O) groups excluding carboxylic acids is 2. The van der Waals surface area contributed by atoms with E-state index in [2.05, 4.69) is 9.72 Å². The molecule has 0 aliphatic carbocycles. The van der Waals surface area contributed by atoms with Crippen molar-refractivity contribution < 1.29 is 27.5 Å². The molecule has 108 valence electrons. The summed E-state index contributed by atoms with van der Waals surface area (Å²) in [7, 11) is 1.21. The number of aromatic nitrogens is 1. The molecule has 1 aromatic heterocycles. The second-order valence-corrected chi connectivity index (χ2v) is 4.29. The summed E-state index contributed by atoms with van der Waals surface area (Å²) in [5, 5.41) is 0. The molecule has 2 heterocycles. The van der Waals surface area contributed by atoms with Gasteiger partial charge in [-0.25, -0.2) is 4.79 Å². The second kappa shape index (κ2) is 5.10. The number of alkyl halides is 3. The third kappa shape index (κ3) is 2.59. The standard InChI is InChI=1S/C12H11F3N2O3/c1-20-10(18)9-5-16-4-7-6-17(3-2-8(7)9)11(19)12(13,14)15/h4-5H,2-3,6H2,1H3. The molecule has 1 aromatic rings. The zero-order chi connectivity index (χ0) is 14.9. The largest absolute Gasteiger partial charge is 0.471 e. The van der Waals surface area contributed by atoms with Gasteiger partial charge in [0.05, 0.1) is 12.7 Å². The Bertz CT molecular complexity index is 557. The molecule has 0 unspecified atom stereocenters. The number of nitrogens with zero attached hydrogens (tertiary/aromatic N) is 2. The molecular weight excluding hydrogens is 277 g/mol. The number of rotatable bonds is 1. The molecule has 0 spiro atoms. The number of hydrogen-bond acceptors (Lipinski definition) is 4. The number of methoxy groups -OCH3 is 1. The minimum atomic E-state index is -4.90. The molecular formula is C12H11F3N2O3. The van der Waals surface area contributed by atoms with Crippen LogP contribution < -0.4 is 0 Å². The van der Waals surface area contributed by atoms with Gasteiger partial charge in [0, 0.05) is 25.5 Å². The molecule has 0 N–H and O–H groups in total. The van der Waals surface area contributed by atoms with E-state index >= 15 is 0 Å². The summed E-state index contributed by atoms with van der Waals surface area (Å²) in [5.41, 5.74) is 1.24. The summed E-state index contributed by atoms with van der Waals surface area (Å²) >= 11 is 0. The summed E-state index contributed by atoms with van der Waals surface area (Å²) in [6, 6.07) is 0. The molecule has 0 bridgehead atoms. The highest BCUT2D eigenvalue weighted by molar-refractivity contribution is 5.91. The maximum absolute atomic E-state index is 12.4. The Hall–Kier alpha value is -2.12. The third-order valence-electron chi connectivity index (χ3n) is 3.07. The Kier molecular flexibility index (Phi) is 3.65. The number of ether oxygens (including phenoxy) is 1. The van der Waals surface area contributed by atoms with Crippen molar-refractivity contribution in [2.75, 3.05) is 13.7 Å². The number of amides is 1. The normalized spacial score (nSPS) is 14.7. The maximum atomic E-state index is 12.4. The fraction of sp³-hybridized carbons (Fsp3) is 0.417. The fourth-order valence-electron chi connectivity index (χ4n) is 2.13. The smallest absolute Gasteiger partial charge is 0.465 e. The van der Waals surface area contributed by atoms with Crippen LogP contribution >= 0.6 is 0 Å². The first-order chi connectivity index (χ1) is 9.34. The van der Waals surface area contributed by atoms with Gasteiger partial charge in [-0.2, -0.15) is 13.2 Å². The van der Waals surface area contributed by atoms with Crippen molar-refractivity contribution in [2.45, 2.75) is 19.1 Å². The van der Waals surface area contributed by atoms with Crippen molar-refractivity contribution in [3.05, 3.63) is 29.1 Å². The Morgan fingerprint density at radius 3 is 2.65 bits per heavy atom. The predicted octanol–water partition coefficient (Wildman–Crippen LogP) is 1.32. The monoisotopic (exact) mass is 288 g/mol. The molecule has 0 saturated carbocycles. The Balaban J connectivity index is 2.28. The first kappa shape index (κ1) is 14.3. The zero-order valence-corrected chi connectivity index (χ0v) is 10.5. The number of carbonyl (C=O) groups is 2. The first-order valence-electron chi connectivity index (χ1n) is 5.74. The van der Waals surface area contributed by atoms with Crippen molar-refractivity contribution in [1.29, 1.82) is 0 Å². The van der Waals surface area contributed by atoms with Crippen LogP contribution in [0.1, 0.15) is 21.5 Å². The third-order valence-corrected chi connectivity index (χ3v) is 3.07. The lowest BCUT2D eigenvalue weighted by Crippen LogP contribution is -2.44. The van der Waals surface area contributed by atoms with Crippen LogP contribution in [0, 0.1) is 0 Å². The maximum Gasteiger partial charge on any atom is 0.471 e. The minimum Gasteiger partial charge on any atom is -0.465 e. The number of fused-ring (bicyclic) bond motifs is 1. The van der Waals surface area contributed by atoms with Crippen LogP contribution in [0.3, 0.4) is 0 Å². The van der Waals surface area contributed by atoms with Gasteiger partial charge in [0.1, 0.15) is 0 Å². The highest BCUT2D eigenvalue weighted by atomic mass is 19.4. The molecule has 0 fully saturated rings. The molecule has 0 atom stereocenters. The van der Waals surface area contributed by atoms with E-state index in [0.29, 0.717) is 16.0 Å². The molecule has 0 radical (unpaired) electrons. The van der Waals surface area contributed by atoms with E-state index in [9.17, 15) is 22.8 Å². The lowest BCUT2D eigenvalue weighted by atomic mass is 9.97. The molecule has 20 heavy (non-hydrogen) atoms. The molecule has 0 aromatic carbocycles. The Labute approximate surface area is 112 Å². The van der Waals surface area contributed by atoms with Crippen LogP contribution in [-0.4, -0.2) is 41.6 Å². The summed E-state index contributed by atoms with van der Waals surface area (Å²) < 4.78 is 41.8. The van der Waals surface area contributed by atoms with E-state index in [1.54, 1.807) is 0 Å². The van der Waals surface area contributed by atoms with E-state index in [4.69, 9.17) is 0 Å². The van der Waals surface area contributed by atoms with Gasteiger partial charge >= 0.3 is 18.1 Å². The lowest BCUT2D eigenvalue weighted by molar-refractivity contribution is -0.186. The molecule has 8 heteroatoms. The van der Waals surface area contributed by atoms with Crippen LogP contribution in [-0.2, 0) is 22.5 Å². The number of esters is 1. The highest BCUT2D eigenvalue weighted by Crippen LogP contribution is 2.26. The fourth-order valence-corrected chi connectivity index (χ4v) is 2.13. The van der Waals surface area contributed by atoms with Crippen LogP contribution in [0.15, 0.2) is 12.4 Å². The van der Waals surface area contributed by atoms with Crippen molar-refractivity contribution >= 4 is 11.9 Å². The molecule has 5 nitrogen and oxygen atoms in total. The van der Waals surface area contributed by atoms with Crippen molar-refractivity contribution in [3.8, 4) is 0 Å². The summed E-state index contributed by atoms with van der Waals surface area (Å²) in [4.78, 5) is 27.2. The van der Waals surface area contributed by atoms with E-state index in [1.165, 1.54) is 19.5 Å². The Morgan fingerprint density at radius 1 is 1.35 bits per heavy atom. The quantitative estimate of drug-likeness (QED) is 0.731. The van der Waals surface area contributed by atoms with Crippen molar-refractivity contribution in [3.63, 3.8) is 0 Å². The van der Waals surface area contributed by atoms with E-state index < -0.39 is 18.1 Å². The average molecular weight is 288 g/mol. The van der Waals surface area contributed by atoms with Crippen LogP contribution in [0.25, 0.3) is 0 Å². The zero-order valence-electron chi connectivity index (χ0n) is 10.5. The summed E-state index contributed by atoms with van der Waals surface area (Å²) in [6.45, 7) is -0.315. The minimum absolute atomic E-state index is 0.0979. The van der Waals surface area contributed by atoms with Crippen molar-refractivity contribution in [2.24, 2.45) is 0 Å². The van der Waals surface area contributed by atoms with Gasteiger partial charge in [-0.05, 0) is 17.5 Å². The van der Waals surface area contributed by atoms with Gasteiger partial charge in [0.2, 0.25) is 0 Å². The number of halogens is 3. The topological polar surface area (TPSA) is 59.5 Å². The number of hydrogen-bond donors (Lipinski definition) is 0. The van der Waals surface area contributed by atoms with Gasteiger partial charge < -0.3 is 9.64 Å². The van der Waals surface area contributed by atoms with Gasteiger partial charge in [0.25, 0.3) is 0 Å².